The summed E-state index contributed by atoms with van der Waals surface area (Å²) >= 11 is 0. The number of carbonyl (C=O) groups excluding carboxylic acids is 1. The SMILES string of the molecule is Cl.Cl.NC1C2CCCC1CC(C(=O)NC1CCCn3ncnc31)C2. The van der Waals surface area contributed by atoms with Crippen LogP contribution < -0.4 is 11.1 Å². The zero-order valence-corrected chi connectivity index (χ0v) is 15.4. The van der Waals surface area contributed by atoms with Gasteiger partial charge in [0.15, 0.2) is 0 Å². The first-order valence-electron chi connectivity index (χ1n) is 8.66. The molecule has 0 radical (unpaired) electrons. The quantitative estimate of drug-likeness (QED) is 0.829. The lowest BCUT2D eigenvalue weighted by Gasteiger charge is -2.43. The highest BCUT2D eigenvalue weighted by Gasteiger charge is 2.41. The fourth-order valence-corrected chi connectivity index (χ4v) is 4.72. The molecule has 136 valence electrons. The molecule has 4 rings (SSSR count). The van der Waals surface area contributed by atoms with Crippen molar-refractivity contribution in [2.24, 2.45) is 23.5 Å². The Hall–Kier alpha value is -0.850. The molecule has 2 saturated carbocycles. The summed E-state index contributed by atoms with van der Waals surface area (Å²) in [5.41, 5.74) is 6.33. The predicted octanol–water partition coefficient (Wildman–Crippen LogP) is 2.23. The van der Waals surface area contributed by atoms with E-state index in [0.717, 1.165) is 38.1 Å². The van der Waals surface area contributed by atoms with Crippen LogP contribution in [0.1, 0.15) is 56.8 Å². The summed E-state index contributed by atoms with van der Waals surface area (Å²) in [5.74, 6) is 2.32. The molecule has 3 N–H and O–H groups in total. The van der Waals surface area contributed by atoms with E-state index in [9.17, 15) is 4.79 Å². The second kappa shape index (κ2) is 8.02. The van der Waals surface area contributed by atoms with Crippen LogP contribution >= 0.6 is 24.8 Å². The monoisotopic (exact) mass is 375 g/mol. The second-order valence-electron chi connectivity index (χ2n) is 7.24. The van der Waals surface area contributed by atoms with Crippen molar-refractivity contribution in [2.45, 2.75) is 63.6 Å². The molecule has 3 unspecified atom stereocenters. The topological polar surface area (TPSA) is 85.8 Å². The Morgan fingerprint density at radius 2 is 1.88 bits per heavy atom. The molecule has 3 aliphatic rings. The van der Waals surface area contributed by atoms with Crippen LogP contribution in [-0.2, 0) is 11.3 Å². The van der Waals surface area contributed by atoms with Gasteiger partial charge in [0, 0.05) is 18.5 Å². The van der Waals surface area contributed by atoms with Gasteiger partial charge in [-0.2, -0.15) is 5.10 Å². The first-order valence-corrected chi connectivity index (χ1v) is 8.66. The fourth-order valence-electron chi connectivity index (χ4n) is 4.72. The van der Waals surface area contributed by atoms with E-state index in [-0.39, 0.29) is 42.7 Å². The van der Waals surface area contributed by atoms with Crippen LogP contribution in [0.5, 0.6) is 0 Å². The molecule has 1 amide bonds. The standard InChI is InChI=1S/C16H25N5O.2ClH/c17-14-10-3-1-4-11(14)8-12(7-10)16(22)20-13-5-2-6-21-15(13)18-9-19-21;;/h9-14H,1-8,17H2,(H,20,22);2*1H. The van der Waals surface area contributed by atoms with Gasteiger partial charge in [-0.05, 0) is 50.4 Å². The maximum atomic E-state index is 12.7. The van der Waals surface area contributed by atoms with E-state index in [4.69, 9.17) is 5.73 Å². The van der Waals surface area contributed by atoms with E-state index in [0.29, 0.717) is 17.9 Å². The number of hydrogen-bond donors (Lipinski definition) is 2. The maximum Gasteiger partial charge on any atom is 0.223 e. The number of aromatic nitrogens is 3. The lowest BCUT2D eigenvalue weighted by molar-refractivity contribution is -0.128. The predicted molar refractivity (Wildman–Crippen MR) is 96.2 cm³/mol. The Kier molecular flexibility index (Phi) is 6.51. The molecular weight excluding hydrogens is 349 g/mol. The highest BCUT2D eigenvalue weighted by Crippen LogP contribution is 2.42. The number of nitrogens with zero attached hydrogens (tertiary/aromatic N) is 3. The minimum atomic E-state index is 0. The van der Waals surface area contributed by atoms with E-state index >= 15 is 0 Å². The van der Waals surface area contributed by atoms with E-state index < -0.39 is 0 Å². The van der Waals surface area contributed by atoms with Crippen molar-refractivity contribution in [1.82, 2.24) is 20.1 Å². The van der Waals surface area contributed by atoms with E-state index in [1.807, 2.05) is 4.68 Å². The number of fused-ring (bicyclic) bond motifs is 3. The number of aryl methyl sites for hydroxylation is 1. The van der Waals surface area contributed by atoms with Crippen LogP contribution in [-0.4, -0.2) is 26.7 Å². The molecule has 1 aromatic heterocycles. The van der Waals surface area contributed by atoms with E-state index in [1.54, 1.807) is 6.33 Å². The van der Waals surface area contributed by atoms with Gasteiger partial charge in [0.25, 0.3) is 0 Å². The number of carbonyl (C=O) groups is 1. The van der Waals surface area contributed by atoms with Gasteiger partial charge >= 0.3 is 0 Å². The van der Waals surface area contributed by atoms with Gasteiger partial charge in [-0.1, -0.05) is 6.42 Å². The van der Waals surface area contributed by atoms with Crippen molar-refractivity contribution in [1.29, 1.82) is 0 Å². The molecule has 0 aromatic carbocycles. The minimum absolute atomic E-state index is 0. The normalized spacial score (nSPS) is 34.3. The summed E-state index contributed by atoms with van der Waals surface area (Å²) < 4.78 is 1.92. The minimum Gasteiger partial charge on any atom is -0.346 e. The number of nitrogens with one attached hydrogen (secondary N) is 1. The van der Waals surface area contributed by atoms with Crippen molar-refractivity contribution < 1.29 is 4.79 Å². The largest absolute Gasteiger partial charge is 0.346 e. The molecule has 1 aromatic rings. The highest BCUT2D eigenvalue weighted by atomic mass is 35.5. The molecule has 2 fully saturated rings. The van der Waals surface area contributed by atoms with Gasteiger partial charge in [0.2, 0.25) is 5.91 Å². The Labute approximate surface area is 155 Å². The third-order valence-corrected chi connectivity index (χ3v) is 5.92. The summed E-state index contributed by atoms with van der Waals surface area (Å²) in [7, 11) is 0. The van der Waals surface area contributed by atoms with E-state index in [2.05, 4.69) is 15.4 Å². The number of rotatable bonds is 2. The Balaban J connectivity index is 0.00000104. The van der Waals surface area contributed by atoms with Crippen LogP contribution in [0.4, 0.5) is 0 Å². The molecule has 1 aliphatic heterocycles. The highest BCUT2D eigenvalue weighted by molar-refractivity contribution is 5.85. The van der Waals surface area contributed by atoms with Crippen LogP contribution in [0, 0.1) is 17.8 Å². The Bertz CT molecular complexity index is 552. The summed E-state index contributed by atoms with van der Waals surface area (Å²) in [6.45, 7) is 0.907. The van der Waals surface area contributed by atoms with Crippen molar-refractivity contribution in [3.63, 3.8) is 0 Å². The zero-order chi connectivity index (χ0) is 15.1. The van der Waals surface area contributed by atoms with Crippen molar-refractivity contribution in [2.75, 3.05) is 0 Å². The summed E-state index contributed by atoms with van der Waals surface area (Å²) in [6, 6.07) is 0.342. The second-order valence-corrected chi connectivity index (χ2v) is 7.24. The first kappa shape index (κ1) is 19.5. The summed E-state index contributed by atoms with van der Waals surface area (Å²) in [5, 5.41) is 7.45. The van der Waals surface area contributed by atoms with Crippen molar-refractivity contribution in [3.05, 3.63) is 12.2 Å². The molecule has 2 heterocycles. The average molecular weight is 376 g/mol. The van der Waals surface area contributed by atoms with Crippen molar-refractivity contribution >= 4 is 30.7 Å². The van der Waals surface area contributed by atoms with Gasteiger partial charge in [0.05, 0.1) is 6.04 Å². The van der Waals surface area contributed by atoms with Crippen LogP contribution in [0.2, 0.25) is 0 Å². The lowest BCUT2D eigenvalue weighted by atomic mass is 9.65. The maximum absolute atomic E-state index is 12.7. The average Bonchev–Trinajstić information content (AvgIpc) is 2.96. The molecule has 6 nitrogen and oxygen atoms in total. The molecule has 3 atom stereocenters. The lowest BCUT2D eigenvalue weighted by Crippen LogP contribution is -2.49. The van der Waals surface area contributed by atoms with Gasteiger partial charge in [-0.15, -0.1) is 24.8 Å². The third-order valence-electron chi connectivity index (χ3n) is 5.92. The number of hydrogen-bond acceptors (Lipinski definition) is 4. The summed E-state index contributed by atoms with van der Waals surface area (Å²) in [6.07, 6.45) is 9.18. The number of amides is 1. The first-order chi connectivity index (χ1) is 10.7. The van der Waals surface area contributed by atoms with E-state index in [1.165, 1.54) is 19.3 Å². The molecule has 24 heavy (non-hydrogen) atoms. The van der Waals surface area contributed by atoms with Crippen LogP contribution in [0.15, 0.2) is 6.33 Å². The molecular formula is C16H27Cl2N5O. The smallest absolute Gasteiger partial charge is 0.223 e. The third kappa shape index (κ3) is 3.55. The fraction of sp³-hybridized carbons (Fsp3) is 0.812. The number of halogens is 2. The van der Waals surface area contributed by atoms with Crippen molar-refractivity contribution in [3.8, 4) is 0 Å². The van der Waals surface area contributed by atoms with Crippen LogP contribution in [0.25, 0.3) is 0 Å². The van der Waals surface area contributed by atoms with Gasteiger partial charge < -0.3 is 11.1 Å². The molecule has 2 bridgehead atoms. The Morgan fingerprint density at radius 3 is 2.58 bits per heavy atom. The van der Waals surface area contributed by atoms with Gasteiger partial charge in [-0.25, -0.2) is 9.67 Å². The molecule has 2 aliphatic carbocycles. The van der Waals surface area contributed by atoms with Crippen LogP contribution in [0.3, 0.4) is 0 Å². The molecule has 0 saturated heterocycles. The Morgan fingerprint density at radius 1 is 1.17 bits per heavy atom. The molecule has 0 spiro atoms. The summed E-state index contributed by atoms with van der Waals surface area (Å²) in [4.78, 5) is 17.0. The number of nitrogens with two attached hydrogens (primary N) is 1. The van der Waals surface area contributed by atoms with Gasteiger partial charge in [-0.3, -0.25) is 4.79 Å². The van der Waals surface area contributed by atoms with Gasteiger partial charge in [0.1, 0.15) is 12.2 Å². The molecule has 8 heteroatoms. The zero-order valence-electron chi connectivity index (χ0n) is 13.8.